The maximum Gasteiger partial charge on any atom is 0.266 e. The van der Waals surface area contributed by atoms with Crippen molar-refractivity contribution < 1.29 is 9.90 Å². The normalized spacial score (nSPS) is 16.4. The molecular formula is C18H17NO2S3. The molecule has 0 radical (unpaired) electrons. The molecule has 0 aliphatic carbocycles. The summed E-state index contributed by atoms with van der Waals surface area (Å²) in [7, 11) is 0. The van der Waals surface area contributed by atoms with Gasteiger partial charge in [0.05, 0.1) is 4.91 Å². The van der Waals surface area contributed by atoms with E-state index in [1.807, 2.05) is 43.5 Å². The Balaban J connectivity index is 1.96. The molecule has 3 nitrogen and oxygen atoms in total. The molecule has 0 bridgehead atoms. The highest BCUT2D eigenvalue weighted by Crippen LogP contribution is 2.38. The lowest BCUT2D eigenvalue weighted by molar-refractivity contribution is -0.122. The van der Waals surface area contributed by atoms with Crippen LogP contribution in [0.1, 0.15) is 24.5 Å². The second-order valence-electron chi connectivity index (χ2n) is 5.54. The summed E-state index contributed by atoms with van der Waals surface area (Å²) in [6.07, 6.45) is 2.72. The standard InChI is InChI=1S/C18H17NO2S3/c1-3-7-19-17(21)15(24-18(19)22)10-12-4-5-14(20)13(9-12)16-11(2)6-8-23-16/h4-6,8-10,20H,3,7H2,1-2H3. The largest absolute Gasteiger partial charge is 0.507 e. The first-order chi connectivity index (χ1) is 11.5. The van der Waals surface area contributed by atoms with E-state index in [2.05, 4.69) is 0 Å². The first-order valence-electron chi connectivity index (χ1n) is 7.64. The van der Waals surface area contributed by atoms with Crippen molar-refractivity contribution in [3.8, 4) is 16.2 Å². The van der Waals surface area contributed by atoms with Crippen LogP contribution in [0.3, 0.4) is 0 Å². The average Bonchev–Trinajstić information content (AvgIpc) is 3.08. The van der Waals surface area contributed by atoms with Gasteiger partial charge in [-0.1, -0.05) is 37.0 Å². The summed E-state index contributed by atoms with van der Waals surface area (Å²) >= 11 is 8.22. The summed E-state index contributed by atoms with van der Waals surface area (Å²) in [4.78, 5) is 15.8. The molecule has 1 aromatic heterocycles. The molecule has 24 heavy (non-hydrogen) atoms. The van der Waals surface area contributed by atoms with E-state index in [4.69, 9.17) is 12.2 Å². The van der Waals surface area contributed by atoms with Crippen molar-refractivity contribution in [3.05, 3.63) is 45.7 Å². The first kappa shape index (κ1) is 17.2. The second kappa shape index (κ2) is 7.09. The maximum atomic E-state index is 12.4. The van der Waals surface area contributed by atoms with Gasteiger partial charge >= 0.3 is 0 Å². The number of thiophene rings is 1. The van der Waals surface area contributed by atoms with Crippen molar-refractivity contribution in [1.82, 2.24) is 4.90 Å². The molecule has 0 spiro atoms. The Morgan fingerprint density at radius 3 is 2.79 bits per heavy atom. The summed E-state index contributed by atoms with van der Waals surface area (Å²) in [6, 6.07) is 7.43. The van der Waals surface area contributed by atoms with Crippen molar-refractivity contribution in [2.45, 2.75) is 20.3 Å². The summed E-state index contributed by atoms with van der Waals surface area (Å²) in [5.41, 5.74) is 2.80. The van der Waals surface area contributed by atoms with E-state index in [1.165, 1.54) is 11.8 Å². The van der Waals surface area contributed by atoms with Crippen molar-refractivity contribution in [1.29, 1.82) is 0 Å². The van der Waals surface area contributed by atoms with E-state index in [9.17, 15) is 9.90 Å². The highest BCUT2D eigenvalue weighted by molar-refractivity contribution is 8.26. The van der Waals surface area contributed by atoms with Crippen LogP contribution >= 0.6 is 35.3 Å². The Bertz CT molecular complexity index is 839. The van der Waals surface area contributed by atoms with E-state index in [1.54, 1.807) is 22.3 Å². The lowest BCUT2D eigenvalue weighted by Crippen LogP contribution is -2.28. The fraction of sp³-hybridized carbons (Fsp3) is 0.222. The smallest absolute Gasteiger partial charge is 0.266 e. The number of phenolic OH excluding ortho intramolecular Hbond substituents is 1. The fourth-order valence-corrected chi connectivity index (χ4v) is 4.80. The van der Waals surface area contributed by atoms with Gasteiger partial charge in [-0.05, 0) is 54.1 Å². The SMILES string of the molecule is CCCN1C(=O)C(=Cc2ccc(O)c(-c3sccc3C)c2)SC1=S. The first-order valence-corrected chi connectivity index (χ1v) is 9.74. The molecule has 6 heteroatoms. The van der Waals surface area contributed by atoms with Gasteiger partial charge in [-0.3, -0.25) is 9.69 Å². The number of phenols is 1. The number of hydrogen-bond acceptors (Lipinski definition) is 5. The molecule has 1 N–H and O–H groups in total. The Hall–Kier alpha value is -1.63. The lowest BCUT2D eigenvalue weighted by Gasteiger charge is -2.12. The molecule has 3 rings (SSSR count). The fourth-order valence-electron chi connectivity index (χ4n) is 2.54. The number of aryl methyl sites for hydroxylation is 1. The molecular weight excluding hydrogens is 358 g/mol. The number of carbonyl (C=O) groups excluding carboxylic acids is 1. The quantitative estimate of drug-likeness (QED) is 0.600. The summed E-state index contributed by atoms with van der Waals surface area (Å²) in [5, 5.41) is 12.2. The Morgan fingerprint density at radius 1 is 1.33 bits per heavy atom. The third-order valence-electron chi connectivity index (χ3n) is 3.75. The summed E-state index contributed by atoms with van der Waals surface area (Å²) in [5.74, 6) is 0.213. The number of thioether (sulfide) groups is 1. The number of benzene rings is 1. The summed E-state index contributed by atoms with van der Waals surface area (Å²) < 4.78 is 0.612. The Morgan fingerprint density at radius 2 is 2.12 bits per heavy atom. The minimum atomic E-state index is -0.0335. The number of rotatable bonds is 4. The number of hydrogen-bond donors (Lipinski definition) is 1. The van der Waals surface area contributed by atoms with Gasteiger partial charge in [-0.2, -0.15) is 0 Å². The van der Waals surface area contributed by atoms with Crippen LogP contribution in [0.15, 0.2) is 34.6 Å². The minimum Gasteiger partial charge on any atom is -0.507 e. The Labute approximate surface area is 155 Å². The van der Waals surface area contributed by atoms with E-state index in [0.717, 1.165) is 28.0 Å². The minimum absolute atomic E-state index is 0.0335. The predicted molar refractivity (Wildman–Crippen MR) is 106 cm³/mol. The van der Waals surface area contributed by atoms with Gasteiger partial charge in [0.1, 0.15) is 10.1 Å². The van der Waals surface area contributed by atoms with Crippen molar-refractivity contribution >= 4 is 51.6 Å². The van der Waals surface area contributed by atoms with Crippen LogP contribution in [-0.4, -0.2) is 26.8 Å². The molecule has 124 valence electrons. The Kier molecular flexibility index (Phi) is 5.08. The van der Waals surface area contributed by atoms with E-state index in [-0.39, 0.29) is 11.7 Å². The molecule has 2 aromatic rings. The second-order valence-corrected chi connectivity index (χ2v) is 8.13. The third-order valence-corrected chi connectivity index (χ3v) is 6.17. The van der Waals surface area contributed by atoms with Crippen molar-refractivity contribution in [3.63, 3.8) is 0 Å². The molecule has 0 saturated carbocycles. The molecule has 2 heterocycles. The highest BCUT2D eigenvalue weighted by Gasteiger charge is 2.31. The molecule has 1 saturated heterocycles. The van der Waals surface area contributed by atoms with Gasteiger partial charge in [0.25, 0.3) is 5.91 Å². The van der Waals surface area contributed by atoms with Crippen LogP contribution in [0.2, 0.25) is 0 Å². The van der Waals surface area contributed by atoms with E-state index >= 15 is 0 Å². The van der Waals surface area contributed by atoms with Crippen LogP contribution in [0.5, 0.6) is 5.75 Å². The van der Waals surface area contributed by atoms with Gasteiger partial charge in [-0.15, -0.1) is 11.3 Å². The predicted octanol–water partition coefficient (Wildman–Crippen LogP) is 5.04. The van der Waals surface area contributed by atoms with Gasteiger partial charge in [0.15, 0.2) is 0 Å². The van der Waals surface area contributed by atoms with E-state index < -0.39 is 0 Å². The average molecular weight is 376 g/mol. The molecule has 0 atom stereocenters. The number of thiocarbonyl (C=S) groups is 1. The molecule has 1 aliphatic heterocycles. The maximum absolute atomic E-state index is 12.4. The van der Waals surface area contributed by atoms with Crippen LogP contribution in [0.25, 0.3) is 16.5 Å². The zero-order chi connectivity index (χ0) is 17.3. The molecule has 1 aromatic carbocycles. The van der Waals surface area contributed by atoms with Crippen molar-refractivity contribution in [2.75, 3.05) is 6.54 Å². The molecule has 1 aliphatic rings. The molecule has 1 amide bonds. The van der Waals surface area contributed by atoms with Gasteiger partial charge in [0, 0.05) is 17.0 Å². The monoisotopic (exact) mass is 375 g/mol. The summed E-state index contributed by atoms with van der Waals surface area (Å²) in [6.45, 7) is 4.70. The molecule has 1 fully saturated rings. The highest BCUT2D eigenvalue weighted by atomic mass is 32.2. The van der Waals surface area contributed by atoms with E-state index in [0.29, 0.717) is 15.8 Å². The van der Waals surface area contributed by atoms with Crippen LogP contribution in [-0.2, 0) is 4.79 Å². The number of amides is 1. The van der Waals surface area contributed by atoms with Crippen molar-refractivity contribution in [2.24, 2.45) is 0 Å². The zero-order valence-corrected chi connectivity index (χ0v) is 15.9. The number of aromatic hydroxyl groups is 1. The van der Waals surface area contributed by atoms with Gasteiger partial charge < -0.3 is 5.11 Å². The lowest BCUT2D eigenvalue weighted by atomic mass is 10.1. The van der Waals surface area contributed by atoms with Crippen LogP contribution in [0.4, 0.5) is 0 Å². The van der Waals surface area contributed by atoms with Crippen LogP contribution in [0, 0.1) is 6.92 Å². The topological polar surface area (TPSA) is 40.5 Å². The molecule has 0 unspecified atom stereocenters. The number of carbonyl (C=O) groups is 1. The van der Waals surface area contributed by atoms with Crippen LogP contribution < -0.4 is 0 Å². The third kappa shape index (κ3) is 3.27. The van der Waals surface area contributed by atoms with Gasteiger partial charge in [0.2, 0.25) is 0 Å². The number of nitrogens with zero attached hydrogens (tertiary/aromatic N) is 1. The zero-order valence-electron chi connectivity index (χ0n) is 13.4. The van der Waals surface area contributed by atoms with Gasteiger partial charge in [-0.25, -0.2) is 0 Å².